The van der Waals surface area contributed by atoms with Crippen molar-refractivity contribution >= 4 is 39.6 Å². The van der Waals surface area contributed by atoms with E-state index in [1.54, 1.807) is 14.0 Å². The molecule has 0 saturated carbocycles. The minimum Gasteiger partial charge on any atom is -0.496 e. The average Bonchev–Trinajstić information content (AvgIpc) is 3.16. The smallest absolute Gasteiger partial charge is 0.234 e. The van der Waals surface area contributed by atoms with Crippen molar-refractivity contribution in [3.63, 3.8) is 0 Å². The molecule has 0 aliphatic rings. The number of hydrogen-bond acceptors (Lipinski definition) is 7. The predicted molar refractivity (Wildman–Crippen MR) is 140 cm³/mol. The number of primary amides is 1. The molecule has 0 saturated heterocycles. The summed E-state index contributed by atoms with van der Waals surface area (Å²) in [5, 5.41) is 7.64. The van der Waals surface area contributed by atoms with Crippen molar-refractivity contribution in [3.8, 4) is 5.75 Å². The average molecular weight is 476 g/mol. The first-order valence-corrected chi connectivity index (χ1v) is 11.9. The number of ether oxygens (including phenoxy) is 1. The number of unbranched alkanes of at least 4 members (excludes halogenated alkanes) is 1. The Balaban J connectivity index is 1.80. The second kappa shape index (κ2) is 10.6. The summed E-state index contributed by atoms with van der Waals surface area (Å²) in [5.74, 6) is 1.36. The standard InChI is InChI=1S/C26H33N7O2/c1-4-5-12-29-25-23-22(31-26(28)32-25)19-8-6-7-9-20(19)33(23)15-18-13-17(10-11-21(18)35-3)14-30-16(2)24(27)34/h6-11,13,16,30H,4-5,12,14-15H2,1-3H3,(H2,27,34)(H3,28,29,31,32). The van der Waals surface area contributed by atoms with Gasteiger partial charge in [-0.05, 0) is 37.1 Å². The number of nitrogen functional groups attached to an aromatic ring is 1. The van der Waals surface area contributed by atoms with Gasteiger partial charge in [0.05, 0.1) is 25.2 Å². The van der Waals surface area contributed by atoms with Crippen molar-refractivity contribution in [3.05, 3.63) is 53.6 Å². The number of carbonyl (C=O) groups excluding carboxylic acids is 1. The van der Waals surface area contributed by atoms with Gasteiger partial charge in [-0.3, -0.25) is 4.79 Å². The lowest BCUT2D eigenvalue weighted by Gasteiger charge is -2.16. The number of rotatable bonds is 11. The van der Waals surface area contributed by atoms with Crippen LogP contribution in [0.5, 0.6) is 5.75 Å². The van der Waals surface area contributed by atoms with Gasteiger partial charge in [-0.25, -0.2) is 4.98 Å². The molecule has 0 fully saturated rings. The zero-order valence-corrected chi connectivity index (χ0v) is 20.5. The van der Waals surface area contributed by atoms with Crippen molar-refractivity contribution in [2.45, 2.75) is 45.8 Å². The summed E-state index contributed by atoms with van der Waals surface area (Å²) in [5.41, 5.74) is 16.3. The minimum absolute atomic E-state index is 0.244. The molecular weight excluding hydrogens is 442 g/mol. The fraction of sp³-hybridized carbons (Fsp3) is 0.346. The Kier molecular flexibility index (Phi) is 7.36. The Bertz CT molecular complexity index is 1350. The third-order valence-electron chi connectivity index (χ3n) is 6.16. The number of nitrogens with zero attached hydrogens (tertiary/aromatic N) is 3. The van der Waals surface area contributed by atoms with Gasteiger partial charge in [-0.1, -0.05) is 37.6 Å². The molecule has 2 heterocycles. The maximum atomic E-state index is 11.4. The topological polar surface area (TPSA) is 133 Å². The monoisotopic (exact) mass is 475 g/mol. The minimum atomic E-state index is -0.419. The summed E-state index contributed by atoms with van der Waals surface area (Å²) >= 11 is 0. The first-order chi connectivity index (χ1) is 16.9. The van der Waals surface area contributed by atoms with E-state index in [2.05, 4.69) is 50.3 Å². The van der Waals surface area contributed by atoms with Crippen LogP contribution in [0.2, 0.25) is 0 Å². The molecule has 0 spiro atoms. The number of nitrogens with one attached hydrogen (secondary N) is 2. The number of anilines is 2. The third-order valence-corrected chi connectivity index (χ3v) is 6.16. The Labute approximate surface area is 204 Å². The summed E-state index contributed by atoms with van der Waals surface area (Å²) in [7, 11) is 1.67. The van der Waals surface area contributed by atoms with E-state index >= 15 is 0 Å². The lowest BCUT2D eigenvalue weighted by Crippen LogP contribution is -2.38. The van der Waals surface area contributed by atoms with Crippen molar-refractivity contribution < 1.29 is 9.53 Å². The lowest BCUT2D eigenvalue weighted by atomic mass is 10.1. The Hall–Kier alpha value is -3.85. The van der Waals surface area contributed by atoms with Gasteiger partial charge in [0.2, 0.25) is 11.9 Å². The second-order valence-electron chi connectivity index (χ2n) is 8.66. The highest BCUT2D eigenvalue weighted by atomic mass is 16.5. The number of hydrogen-bond donors (Lipinski definition) is 4. The van der Waals surface area contributed by atoms with Gasteiger partial charge < -0.3 is 31.4 Å². The summed E-state index contributed by atoms with van der Waals surface area (Å²) in [6, 6.07) is 13.7. The maximum absolute atomic E-state index is 11.4. The van der Waals surface area contributed by atoms with E-state index in [1.807, 2.05) is 24.3 Å². The van der Waals surface area contributed by atoms with Gasteiger partial charge in [-0.2, -0.15) is 4.98 Å². The van der Waals surface area contributed by atoms with Gasteiger partial charge in [0, 0.05) is 24.0 Å². The number of nitrogens with two attached hydrogens (primary N) is 2. The van der Waals surface area contributed by atoms with Crippen molar-refractivity contribution in [1.29, 1.82) is 0 Å². The molecule has 9 nitrogen and oxygen atoms in total. The quantitative estimate of drug-likeness (QED) is 0.244. The number of fused-ring (bicyclic) bond motifs is 3. The summed E-state index contributed by atoms with van der Waals surface area (Å²) in [6.45, 7) is 5.76. The van der Waals surface area contributed by atoms with Crippen molar-refractivity contribution in [1.82, 2.24) is 19.9 Å². The molecule has 2 aromatic carbocycles. The molecule has 184 valence electrons. The molecule has 6 N–H and O–H groups in total. The highest BCUT2D eigenvalue weighted by Gasteiger charge is 2.19. The van der Waals surface area contributed by atoms with Crippen LogP contribution in [-0.2, 0) is 17.9 Å². The fourth-order valence-corrected chi connectivity index (χ4v) is 4.22. The van der Waals surface area contributed by atoms with Gasteiger partial charge >= 0.3 is 0 Å². The molecule has 0 aliphatic carbocycles. The van der Waals surface area contributed by atoms with Crippen LogP contribution in [-0.4, -0.2) is 40.1 Å². The Morgan fingerprint density at radius 2 is 2.00 bits per heavy atom. The van der Waals surface area contributed by atoms with Crippen LogP contribution in [0.3, 0.4) is 0 Å². The summed E-state index contributed by atoms with van der Waals surface area (Å²) < 4.78 is 7.90. The normalized spacial score (nSPS) is 12.2. The first-order valence-electron chi connectivity index (χ1n) is 11.9. The van der Waals surface area contributed by atoms with Crippen LogP contribution in [0, 0.1) is 0 Å². The molecule has 9 heteroatoms. The maximum Gasteiger partial charge on any atom is 0.234 e. The van der Waals surface area contributed by atoms with E-state index < -0.39 is 6.04 Å². The van der Waals surface area contributed by atoms with E-state index in [-0.39, 0.29) is 11.9 Å². The van der Waals surface area contributed by atoms with E-state index in [0.717, 1.165) is 64.0 Å². The molecule has 35 heavy (non-hydrogen) atoms. The fourth-order valence-electron chi connectivity index (χ4n) is 4.22. The third kappa shape index (κ3) is 5.14. The predicted octanol–water partition coefficient (Wildman–Crippen LogP) is 3.40. The highest BCUT2D eigenvalue weighted by Crippen LogP contribution is 2.34. The molecule has 1 atom stereocenters. The van der Waals surface area contributed by atoms with Crippen LogP contribution in [0.25, 0.3) is 21.9 Å². The second-order valence-corrected chi connectivity index (χ2v) is 8.66. The van der Waals surface area contributed by atoms with Crippen LogP contribution in [0.1, 0.15) is 37.8 Å². The number of benzene rings is 2. The lowest BCUT2D eigenvalue weighted by molar-refractivity contribution is -0.119. The number of methoxy groups -OCH3 is 1. The van der Waals surface area contributed by atoms with Gasteiger partial charge in [0.1, 0.15) is 16.8 Å². The van der Waals surface area contributed by atoms with E-state index in [9.17, 15) is 4.79 Å². The van der Waals surface area contributed by atoms with Crippen LogP contribution >= 0.6 is 0 Å². The zero-order valence-electron chi connectivity index (χ0n) is 20.5. The molecule has 0 radical (unpaired) electrons. The molecule has 1 unspecified atom stereocenters. The molecule has 4 aromatic rings. The van der Waals surface area contributed by atoms with Crippen LogP contribution < -0.4 is 26.8 Å². The number of para-hydroxylation sites is 1. The number of aromatic nitrogens is 3. The van der Waals surface area contributed by atoms with Gasteiger partial charge in [0.15, 0.2) is 5.82 Å². The van der Waals surface area contributed by atoms with E-state index in [4.69, 9.17) is 16.2 Å². The molecule has 4 rings (SSSR count). The molecule has 0 aliphatic heterocycles. The Morgan fingerprint density at radius 3 is 2.74 bits per heavy atom. The molecule has 0 bridgehead atoms. The van der Waals surface area contributed by atoms with E-state index in [1.165, 1.54) is 0 Å². The SMILES string of the molecule is CCCCNc1nc(N)nc2c3ccccc3n(Cc3cc(CNC(C)C(N)=O)ccc3OC)c12. The number of amides is 1. The summed E-state index contributed by atoms with van der Waals surface area (Å²) in [6.07, 6.45) is 2.10. The van der Waals surface area contributed by atoms with E-state index in [0.29, 0.717) is 13.1 Å². The highest BCUT2D eigenvalue weighted by molar-refractivity contribution is 6.09. The molecule has 1 amide bonds. The van der Waals surface area contributed by atoms with Crippen LogP contribution in [0.15, 0.2) is 42.5 Å². The zero-order chi connectivity index (χ0) is 24.9. The molecule has 2 aromatic heterocycles. The summed E-state index contributed by atoms with van der Waals surface area (Å²) in [4.78, 5) is 20.6. The van der Waals surface area contributed by atoms with Crippen molar-refractivity contribution in [2.75, 3.05) is 24.7 Å². The van der Waals surface area contributed by atoms with Crippen molar-refractivity contribution in [2.24, 2.45) is 5.73 Å². The van der Waals surface area contributed by atoms with Gasteiger partial charge in [0.25, 0.3) is 0 Å². The molecular formula is C26H33N7O2. The van der Waals surface area contributed by atoms with Gasteiger partial charge in [-0.15, -0.1) is 0 Å². The number of carbonyl (C=O) groups is 1. The largest absolute Gasteiger partial charge is 0.496 e. The first kappa shape index (κ1) is 24.3. The Morgan fingerprint density at radius 1 is 1.20 bits per heavy atom. The van der Waals surface area contributed by atoms with Crippen LogP contribution in [0.4, 0.5) is 11.8 Å².